The minimum Gasteiger partial charge on any atom is -0.273 e. The van der Waals surface area contributed by atoms with E-state index >= 15 is 0 Å². The minimum atomic E-state index is -0.289. The zero-order valence-corrected chi connectivity index (χ0v) is 12.0. The summed E-state index contributed by atoms with van der Waals surface area (Å²) in [7, 11) is 0. The fraction of sp³-hybridized carbons (Fsp3) is 0.615. The van der Waals surface area contributed by atoms with Crippen LogP contribution >= 0.6 is 0 Å². The highest BCUT2D eigenvalue weighted by Crippen LogP contribution is 2.04. The first-order valence-electron chi connectivity index (χ1n) is 6.53. The van der Waals surface area contributed by atoms with Crippen LogP contribution in [0.1, 0.15) is 38.1 Å². The summed E-state index contributed by atoms with van der Waals surface area (Å²) in [6, 6.07) is 1.90. The highest BCUT2D eigenvalue weighted by molar-refractivity contribution is 5.82. The average molecular weight is 266 g/mol. The molecule has 0 fully saturated rings. The smallest absolute Gasteiger partial charge is 0.260 e. The Labute approximate surface area is 113 Å². The van der Waals surface area contributed by atoms with Gasteiger partial charge in [0.15, 0.2) is 0 Å². The molecule has 1 heterocycles. The first-order valence-corrected chi connectivity index (χ1v) is 6.53. The number of aromatic nitrogens is 2. The maximum atomic E-state index is 11.7. The molecule has 0 saturated heterocycles. The summed E-state index contributed by atoms with van der Waals surface area (Å²) in [5, 5.41) is 4.18. The lowest BCUT2D eigenvalue weighted by atomic mass is 10.1. The minimum absolute atomic E-state index is 0.0982. The first-order chi connectivity index (χ1) is 8.93. The lowest BCUT2D eigenvalue weighted by Crippen LogP contribution is -2.45. The second kappa shape index (κ2) is 6.92. The Morgan fingerprint density at radius 3 is 2.58 bits per heavy atom. The van der Waals surface area contributed by atoms with Crippen LogP contribution in [0.2, 0.25) is 0 Å². The number of carbonyl (C=O) groups is 2. The van der Waals surface area contributed by atoms with Crippen molar-refractivity contribution in [3.05, 3.63) is 17.5 Å². The number of rotatable bonds is 5. The average Bonchev–Trinajstić information content (AvgIpc) is 2.65. The molecule has 6 heteroatoms. The van der Waals surface area contributed by atoms with Gasteiger partial charge in [-0.15, -0.1) is 0 Å². The highest BCUT2D eigenvalue weighted by Gasteiger charge is 2.13. The maximum absolute atomic E-state index is 11.7. The Morgan fingerprint density at radius 1 is 1.37 bits per heavy atom. The quantitative estimate of drug-likeness (QED) is 0.783. The molecule has 0 spiro atoms. The Balaban J connectivity index is 2.40. The van der Waals surface area contributed by atoms with E-state index in [0.29, 0.717) is 0 Å². The predicted octanol–water partition coefficient (Wildman–Crippen LogP) is 1.08. The van der Waals surface area contributed by atoms with Crippen LogP contribution in [0.3, 0.4) is 0 Å². The number of carbonyl (C=O) groups excluding carboxylic acids is 2. The molecular formula is C13H22N4O2. The van der Waals surface area contributed by atoms with Crippen molar-refractivity contribution in [3.8, 4) is 0 Å². The Hall–Kier alpha value is -1.85. The molecule has 1 aromatic rings. The summed E-state index contributed by atoms with van der Waals surface area (Å²) in [5.41, 5.74) is 6.62. The Kier molecular flexibility index (Phi) is 5.54. The summed E-state index contributed by atoms with van der Waals surface area (Å²) in [4.78, 5) is 23.3. The summed E-state index contributed by atoms with van der Waals surface area (Å²) >= 11 is 0. The first kappa shape index (κ1) is 15.2. The molecule has 0 aromatic carbocycles. The van der Waals surface area contributed by atoms with Gasteiger partial charge in [-0.3, -0.25) is 25.1 Å². The largest absolute Gasteiger partial charge is 0.273 e. The van der Waals surface area contributed by atoms with Crippen LogP contribution in [0.25, 0.3) is 0 Å². The molecule has 0 aliphatic carbocycles. The molecule has 0 radical (unpaired) electrons. The highest BCUT2D eigenvalue weighted by atomic mass is 16.2. The van der Waals surface area contributed by atoms with Gasteiger partial charge in [0.05, 0.1) is 5.69 Å². The molecular weight excluding hydrogens is 244 g/mol. The second-order valence-electron chi connectivity index (χ2n) is 4.81. The van der Waals surface area contributed by atoms with Gasteiger partial charge in [-0.1, -0.05) is 20.3 Å². The molecule has 2 amide bonds. The van der Waals surface area contributed by atoms with E-state index < -0.39 is 0 Å². The standard InChI is InChI=1S/C13H22N4O2/c1-5-6-9(2)13(19)15-14-12(18)8-17-11(4)7-10(3)16-17/h7,9H,5-6,8H2,1-4H3,(H,14,18)(H,15,19). The molecule has 1 unspecified atom stereocenters. The van der Waals surface area contributed by atoms with Crippen molar-refractivity contribution in [3.63, 3.8) is 0 Å². The van der Waals surface area contributed by atoms with E-state index in [1.165, 1.54) is 0 Å². The summed E-state index contributed by atoms with van der Waals surface area (Å²) in [6.45, 7) is 7.71. The molecule has 1 rings (SSSR count). The molecule has 1 aromatic heterocycles. The summed E-state index contributed by atoms with van der Waals surface area (Å²) in [5.74, 6) is -0.550. The van der Waals surface area contributed by atoms with Crippen molar-refractivity contribution < 1.29 is 9.59 Å². The van der Waals surface area contributed by atoms with Crippen molar-refractivity contribution in [1.29, 1.82) is 0 Å². The molecule has 0 aliphatic heterocycles. The molecule has 2 N–H and O–H groups in total. The number of amides is 2. The van der Waals surface area contributed by atoms with Crippen molar-refractivity contribution in [2.75, 3.05) is 0 Å². The number of nitrogens with one attached hydrogen (secondary N) is 2. The van der Waals surface area contributed by atoms with Crippen LogP contribution < -0.4 is 10.9 Å². The third-order valence-corrected chi connectivity index (χ3v) is 2.89. The monoisotopic (exact) mass is 266 g/mol. The van der Waals surface area contributed by atoms with Gasteiger partial charge in [0, 0.05) is 11.6 Å². The summed E-state index contributed by atoms with van der Waals surface area (Å²) in [6.07, 6.45) is 1.74. The molecule has 106 valence electrons. The zero-order valence-electron chi connectivity index (χ0n) is 12.0. The number of nitrogens with zero attached hydrogens (tertiary/aromatic N) is 2. The fourth-order valence-electron chi connectivity index (χ4n) is 1.83. The molecule has 6 nitrogen and oxygen atoms in total. The lowest BCUT2D eigenvalue weighted by molar-refractivity contribution is -0.131. The van der Waals surface area contributed by atoms with Crippen molar-refractivity contribution in [1.82, 2.24) is 20.6 Å². The maximum Gasteiger partial charge on any atom is 0.260 e. The van der Waals surface area contributed by atoms with Gasteiger partial charge in [-0.05, 0) is 26.3 Å². The van der Waals surface area contributed by atoms with E-state index in [1.807, 2.05) is 33.8 Å². The molecule has 0 saturated carbocycles. The van der Waals surface area contributed by atoms with Crippen LogP contribution in [-0.2, 0) is 16.1 Å². The number of hydrazine groups is 1. The number of hydrogen-bond acceptors (Lipinski definition) is 3. The van der Waals surface area contributed by atoms with Gasteiger partial charge in [0.1, 0.15) is 6.54 Å². The second-order valence-corrected chi connectivity index (χ2v) is 4.81. The van der Waals surface area contributed by atoms with Crippen LogP contribution in [-0.4, -0.2) is 21.6 Å². The van der Waals surface area contributed by atoms with E-state index in [1.54, 1.807) is 4.68 Å². The lowest BCUT2D eigenvalue weighted by Gasteiger charge is -2.12. The third kappa shape index (κ3) is 4.73. The molecule has 19 heavy (non-hydrogen) atoms. The van der Waals surface area contributed by atoms with Gasteiger partial charge in [0.25, 0.3) is 5.91 Å². The van der Waals surface area contributed by atoms with E-state index in [-0.39, 0.29) is 24.3 Å². The van der Waals surface area contributed by atoms with E-state index in [4.69, 9.17) is 0 Å². The summed E-state index contributed by atoms with van der Waals surface area (Å²) < 4.78 is 1.60. The fourth-order valence-corrected chi connectivity index (χ4v) is 1.83. The van der Waals surface area contributed by atoms with Crippen molar-refractivity contribution >= 4 is 11.8 Å². The van der Waals surface area contributed by atoms with E-state index in [2.05, 4.69) is 16.0 Å². The normalized spacial score (nSPS) is 12.0. The van der Waals surface area contributed by atoms with Gasteiger partial charge in [0.2, 0.25) is 5.91 Å². The van der Waals surface area contributed by atoms with Crippen LogP contribution in [0, 0.1) is 19.8 Å². The Bertz CT molecular complexity index is 453. The molecule has 1 atom stereocenters. The van der Waals surface area contributed by atoms with Crippen LogP contribution in [0.4, 0.5) is 0 Å². The van der Waals surface area contributed by atoms with Crippen molar-refractivity contribution in [2.45, 2.75) is 47.1 Å². The predicted molar refractivity (Wildman–Crippen MR) is 72.1 cm³/mol. The number of hydrogen-bond donors (Lipinski definition) is 2. The molecule has 0 aliphatic rings. The van der Waals surface area contributed by atoms with Gasteiger partial charge >= 0.3 is 0 Å². The Morgan fingerprint density at radius 2 is 2.05 bits per heavy atom. The van der Waals surface area contributed by atoms with E-state index in [0.717, 1.165) is 24.2 Å². The van der Waals surface area contributed by atoms with Gasteiger partial charge in [-0.25, -0.2) is 0 Å². The SMILES string of the molecule is CCCC(C)C(=O)NNC(=O)Cn1nc(C)cc1C. The van der Waals surface area contributed by atoms with Crippen LogP contribution in [0.5, 0.6) is 0 Å². The van der Waals surface area contributed by atoms with E-state index in [9.17, 15) is 9.59 Å². The van der Waals surface area contributed by atoms with Crippen molar-refractivity contribution in [2.24, 2.45) is 5.92 Å². The topological polar surface area (TPSA) is 76.0 Å². The molecule has 0 bridgehead atoms. The van der Waals surface area contributed by atoms with Gasteiger partial charge < -0.3 is 0 Å². The zero-order chi connectivity index (χ0) is 14.4. The van der Waals surface area contributed by atoms with Crippen LogP contribution in [0.15, 0.2) is 6.07 Å². The van der Waals surface area contributed by atoms with Gasteiger partial charge in [-0.2, -0.15) is 5.10 Å². The third-order valence-electron chi connectivity index (χ3n) is 2.89. The number of aryl methyl sites for hydroxylation is 2.